The van der Waals surface area contributed by atoms with Crippen molar-refractivity contribution in [3.05, 3.63) is 36.7 Å². The van der Waals surface area contributed by atoms with Crippen molar-refractivity contribution in [3.8, 4) is 0 Å². The predicted octanol–water partition coefficient (Wildman–Crippen LogP) is 1.30. The van der Waals surface area contributed by atoms with Crippen LogP contribution in [0.4, 0.5) is 0 Å². The summed E-state index contributed by atoms with van der Waals surface area (Å²) in [6.07, 6.45) is 6.79. The predicted molar refractivity (Wildman–Crippen MR) is 73.0 cm³/mol. The Kier molecular flexibility index (Phi) is 5.51. The highest BCUT2D eigenvalue weighted by atomic mass is 16.5. The Morgan fingerprint density at radius 1 is 1.58 bits per heavy atom. The first-order valence-corrected chi connectivity index (χ1v) is 6.10. The molecule has 5 nitrogen and oxygen atoms in total. The molecule has 0 saturated carbocycles. The Morgan fingerprint density at radius 2 is 2.26 bits per heavy atom. The second kappa shape index (κ2) is 6.89. The van der Waals surface area contributed by atoms with Gasteiger partial charge in [-0.25, -0.2) is 0 Å². The van der Waals surface area contributed by atoms with Gasteiger partial charge in [0, 0.05) is 26.8 Å². The molecule has 104 valence electrons. The zero-order valence-electron chi connectivity index (χ0n) is 11.6. The minimum absolute atomic E-state index is 0.0199. The summed E-state index contributed by atoms with van der Waals surface area (Å²) in [6, 6.07) is -0.0563. The van der Waals surface area contributed by atoms with Crippen LogP contribution in [0.25, 0.3) is 0 Å². The summed E-state index contributed by atoms with van der Waals surface area (Å²) in [6.45, 7) is 7.48. The lowest BCUT2D eigenvalue weighted by molar-refractivity contribution is -0.137. The van der Waals surface area contributed by atoms with Crippen molar-refractivity contribution in [1.29, 1.82) is 0 Å². The van der Waals surface area contributed by atoms with Gasteiger partial charge in [-0.1, -0.05) is 18.7 Å². The summed E-state index contributed by atoms with van der Waals surface area (Å²) >= 11 is 0. The van der Waals surface area contributed by atoms with Crippen LogP contribution in [0.5, 0.6) is 0 Å². The van der Waals surface area contributed by atoms with Gasteiger partial charge in [-0.2, -0.15) is 0 Å². The lowest BCUT2D eigenvalue weighted by Gasteiger charge is -2.37. The van der Waals surface area contributed by atoms with E-state index in [2.05, 4.69) is 6.58 Å². The van der Waals surface area contributed by atoms with Gasteiger partial charge in [0.25, 0.3) is 5.91 Å². The smallest absolute Gasteiger partial charge is 0.253 e. The van der Waals surface area contributed by atoms with E-state index in [4.69, 9.17) is 4.74 Å². The third-order valence-corrected chi connectivity index (χ3v) is 2.84. The Bertz CT molecular complexity index is 426. The molecule has 0 spiro atoms. The molecule has 0 radical (unpaired) electrons. The molecule has 0 aromatic heterocycles. The summed E-state index contributed by atoms with van der Waals surface area (Å²) in [5.41, 5.74) is 0.662. The molecule has 0 unspecified atom stereocenters. The van der Waals surface area contributed by atoms with E-state index in [-0.39, 0.29) is 24.5 Å². The van der Waals surface area contributed by atoms with Gasteiger partial charge in [0.15, 0.2) is 0 Å². The fraction of sp³-hybridized carbons (Fsp3) is 0.429. The van der Waals surface area contributed by atoms with E-state index in [0.29, 0.717) is 12.2 Å². The van der Waals surface area contributed by atoms with Crippen LogP contribution < -0.4 is 0 Å². The van der Waals surface area contributed by atoms with Gasteiger partial charge in [0.1, 0.15) is 6.61 Å². The molecule has 1 atom stereocenters. The zero-order chi connectivity index (χ0) is 14.4. The highest BCUT2D eigenvalue weighted by Crippen LogP contribution is 2.19. The van der Waals surface area contributed by atoms with Crippen LogP contribution >= 0.6 is 0 Å². The average Bonchev–Trinajstić information content (AvgIpc) is 2.36. The third kappa shape index (κ3) is 3.79. The molecule has 0 aromatic rings. The van der Waals surface area contributed by atoms with Gasteiger partial charge in [0.2, 0.25) is 5.91 Å². The van der Waals surface area contributed by atoms with Gasteiger partial charge < -0.3 is 14.5 Å². The summed E-state index contributed by atoms with van der Waals surface area (Å²) in [5.74, 6) is -0.173. The van der Waals surface area contributed by atoms with Gasteiger partial charge in [-0.3, -0.25) is 9.59 Å². The van der Waals surface area contributed by atoms with Gasteiger partial charge >= 0.3 is 0 Å². The SMILES string of the molecule is C=C/C=C\C1=CN(C(C)=O)[C@@H](C)CN1C(=O)COC. The van der Waals surface area contributed by atoms with Crippen LogP contribution in [0.1, 0.15) is 13.8 Å². The minimum Gasteiger partial charge on any atom is -0.375 e. The Hall–Kier alpha value is -1.88. The second-order valence-corrected chi connectivity index (χ2v) is 4.36. The monoisotopic (exact) mass is 264 g/mol. The Balaban J connectivity index is 3.06. The Labute approximate surface area is 113 Å². The van der Waals surface area contributed by atoms with Crippen molar-refractivity contribution in [2.75, 3.05) is 20.3 Å². The number of allylic oxidation sites excluding steroid dienone is 3. The first-order valence-electron chi connectivity index (χ1n) is 6.10. The van der Waals surface area contributed by atoms with Crippen LogP contribution in [0.2, 0.25) is 0 Å². The molecular formula is C14H20N2O3. The number of hydrogen-bond donors (Lipinski definition) is 0. The molecule has 0 bridgehead atoms. The van der Waals surface area contributed by atoms with Crippen LogP contribution in [0.15, 0.2) is 36.7 Å². The Morgan fingerprint density at radius 3 is 2.79 bits per heavy atom. The second-order valence-electron chi connectivity index (χ2n) is 4.36. The minimum atomic E-state index is -0.127. The average molecular weight is 264 g/mol. The maximum absolute atomic E-state index is 12.0. The molecular weight excluding hydrogens is 244 g/mol. The van der Waals surface area contributed by atoms with E-state index in [1.165, 1.54) is 14.0 Å². The summed E-state index contributed by atoms with van der Waals surface area (Å²) < 4.78 is 4.88. The van der Waals surface area contributed by atoms with Crippen molar-refractivity contribution in [1.82, 2.24) is 9.80 Å². The molecule has 0 N–H and O–H groups in total. The maximum Gasteiger partial charge on any atom is 0.253 e. The molecule has 1 heterocycles. The number of ether oxygens (including phenoxy) is 1. The number of carbonyl (C=O) groups is 2. The van der Waals surface area contributed by atoms with Gasteiger partial charge in [0.05, 0.1) is 11.7 Å². The summed E-state index contributed by atoms with van der Waals surface area (Å²) in [5, 5.41) is 0. The van der Waals surface area contributed by atoms with Gasteiger partial charge in [-0.15, -0.1) is 0 Å². The van der Waals surface area contributed by atoms with E-state index >= 15 is 0 Å². The van der Waals surface area contributed by atoms with E-state index in [1.807, 2.05) is 6.92 Å². The van der Waals surface area contributed by atoms with E-state index in [1.54, 1.807) is 34.2 Å². The standard InChI is InChI=1S/C14H20N2O3/c1-5-6-7-13-9-15(12(3)17)11(2)8-16(13)14(18)10-19-4/h5-7,9,11H,1,8,10H2,2-4H3/b7-6-/t11-/m0/s1. The number of amides is 2. The molecule has 1 rings (SSSR count). The molecule has 2 amide bonds. The lowest BCUT2D eigenvalue weighted by atomic mass is 10.1. The molecule has 1 aliphatic heterocycles. The number of methoxy groups -OCH3 is 1. The third-order valence-electron chi connectivity index (χ3n) is 2.84. The first kappa shape index (κ1) is 15.2. The van der Waals surface area contributed by atoms with Crippen LogP contribution in [0, 0.1) is 0 Å². The normalized spacial score (nSPS) is 19.5. The van der Waals surface area contributed by atoms with Crippen molar-refractivity contribution >= 4 is 11.8 Å². The molecule has 0 fully saturated rings. The van der Waals surface area contributed by atoms with E-state index in [0.717, 1.165) is 0 Å². The summed E-state index contributed by atoms with van der Waals surface area (Å²) in [7, 11) is 1.48. The summed E-state index contributed by atoms with van der Waals surface area (Å²) in [4.78, 5) is 26.8. The van der Waals surface area contributed by atoms with E-state index in [9.17, 15) is 9.59 Å². The number of nitrogens with zero attached hydrogens (tertiary/aromatic N) is 2. The van der Waals surface area contributed by atoms with Crippen molar-refractivity contribution in [2.45, 2.75) is 19.9 Å². The molecule has 0 aromatic carbocycles. The number of hydrogen-bond acceptors (Lipinski definition) is 3. The van der Waals surface area contributed by atoms with E-state index < -0.39 is 0 Å². The molecule has 0 aliphatic carbocycles. The molecule has 19 heavy (non-hydrogen) atoms. The quantitative estimate of drug-likeness (QED) is 0.719. The maximum atomic E-state index is 12.0. The zero-order valence-corrected chi connectivity index (χ0v) is 11.6. The van der Waals surface area contributed by atoms with Crippen LogP contribution in [-0.4, -0.2) is 47.9 Å². The van der Waals surface area contributed by atoms with Crippen molar-refractivity contribution in [2.24, 2.45) is 0 Å². The fourth-order valence-electron chi connectivity index (χ4n) is 1.95. The lowest BCUT2D eigenvalue weighted by Crippen LogP contribution is -2.49. The number of rotatable bonds is 4. The molecule has 1 aliphatic rings. The van der Waals surface area contributed by atoms with Gasteiger partial charge in [-0.05, 0) is 13.0 Å². The number of carbonyl (C=O) groups excluding carboxylic acids is 2. The molecule has 5 heteroatoms. The largest absolute Gasteiger partial charge is 0.375 e. The highest BCUT2D eigenvalue weighted by Gasteiger charge is 2.28. The first-order chi connectivity index (χ1) is 9.01. The van der Waals surface area contributed by atoms with Crippen LogP contribution in [-0.2, 0) is 14.3 Å². The molecule has 0 saturated heterocycles. The van der Waals surface area contributed by atoms with Crippen molar-refractivity contribution < 1.29 is 14.3 Å². The highest BCUT2D eigenvalue weighted by molar-refractivity contribution is 5.81. The fourth-order valence-corrected chi connectivity index (χ4v) is 1.95. The van der Waals surface area contributed by atoms with Crippen molar-refractivity contribution in [3.63, 3.8) is 0 Å². The van der Waals surface area contributed by atoms with Crippen LogP contribution in [0.3, 0.4) is 0 Å². The topological polar surface area (TPSA) is 49.9 Å².